The molecule has 1 saturated heterocycles. The van der Waals surface area contributed by atoms with Gasteiger partial charge in [0.1, 0.15) is 12.4 Å². The van der Waals surface area contributed by atoms with E-state index >= 15 is 0 Å². The molecule has 2 heterocycles. The number of nitrogens with zero attached hydrogens (tertiary/aromatic N) is 3. The minimum absolute atomic E-state index is 0.00778. The SMILES string of the molecule is CC(=O)N1CCCC[C@@]2(CCCN2Cc2ccc(Cl)cc2)CN(C)C(=O)c2cccc(c2)OCC1. The fourth-order valence-electron chi connectivity index (χ4n) is 5.50. The van der Waals surface area contributed by atoms with E-state index in [0.29, 0.717) is 31.0 Å². The van der Waals surface area contributed by atoms with E-state index in [2.05, 4.69) is 17.0 Å². The van der Waals surface area contributed by atoms with Crippen LogP contribution in [0.15, 0.2) is 48.5 Å². The van der Waals surface area contributed by atoms with Crippen LogP contribution >= 0.6 is 11.6 Å². The maximum atomic E-state index is 13.4. The summed E-state index contributed by atoms with van der Waals surface area (Å²) < 4.78 is 5.89. The Kier molecular flexibility index (Phi) is 8.34. The molecule has 2 aromatic carbocycles. The summed E-state index contributed by atoms with van der Waals surface area (Å²) in [6, 6.07) is 15.4. The molecule has 2 amide bonds. The quantitative estimate of drug-likeness (QED) is 0.594. The third-order valence-electron chi connectivity index (χ3n) is 7.38. The average Bonchev–Trinajstić information content (AvgIpc) is 3.22. The standard InChI is InChI=1S/C28H36ClN3O3/c1-22(33)31-15-4-3-13-28(14-6-16-32(28)20-23-9-11-25(29)12-10-23)21-30(2)27(34)24-7-5-8-26(19-24)35-18-17-31/h5,7-12,19H,3-4,6,13-18,20-21H2,1-2H3/t28-/m1/s1. The maximum Gasteiger partial charge on any atom is 0.253 e. The van der Waals surface area contributed by atoms with Crippen molar-refractivity contribution >= 4 is 23.4 Å². The number of hydrogen-bond acceptors (Lipinski definition) is 4. The molecule has 0 unspecified atom stereocenters. The lowest BCUT2D eigenvalue weighted by atomic mass is 9.88. The molecule has 0 aromatic heterocycles. The molecule has 0 aliphatic carbocycles. The number of likely N-dealkylation sites (tertiary alicyclic amines) is 1. The lowest BCUT2D eigenvalue weighted by Gasteiger charge is -2.42. The Morgan fingerprint density at radius 2 is 1.80 bits per heavy atom. The van der Waals surface area contributed by atoms with E-state index in [1.54, 1.807) is 6.92 Å². The predicted octanol–water partition coefficient (Wildman–Crippen LogP) is 4.86. The van der Waals surface area contributed by atoms with Crippen LogP contribution in [0.3, 0.4) is 0 Å². The summed E-state index contributed by atoms with van der Waals surface area (Å²) in [6.45, 7) is 5.80. The number of carbonyl (C=O) groups is 2. The van der Waals surface area contributed by atoms with Crippen LogP contribution in [0.5, 0.6) is 5.75 Å². The molecule has 0 radical (unpaired) electrons. The highest BCUT2D eigenvalue weighted by atomic mass is 35.5. The molecule has 0 saturated carbocycles. The van der Waals surface area contributed by atoms with Crippen molar-refractivity contribution < 1.29 is 14.3 Å². The second kappa shape index (κ2) is 11.4. The summed E-state index contributed by atoms with van der Waals surface area (Å²) in [4.78, 5) is 31.9. The van der Waals surface area contributed by atoms with Crippen LogP contribution < -0.4 is 4.74 Å². The van der Waals surface area contributed by atoms with E-state index in [1.165, 1.54) is 5.56 Å². The molecule has 1 spiro atoms. The Balaban J connectivity index is 1.60. The number of rotatable bonds is 2. The first kappa shape index (κ1) is 25.5. The summed E-state index contributed by atoms with van der Waals surface area (Å²) in [6.07, 6.45) is 5.08. The van der Waals surface area contributed by atoms with Crippen molar-refractivity contribution in [2.24, 2.45) is 0 Å². The molecule has 2 aromatic rings. The van der Waals surface area contributed by atoms with Crippen LogP contribution in [0.2, 0.25) is 5.02 Å². The topological polar surface area (TPSA) is 53.1 Å². The van der Waals surface area contributed by atoms with Gasteiger partial charge in [-0.15, -0.1) is 0 Å². The summed E-state index contributed by atoms with van der Waals surface area (Å²) >= 11 is 6.11. The zero-order valence-electron chi connectivity index (χ0n) is 20.8. The molecular weight excluding hydrogens is 462 g/mol. The number of likely N-dealkylation sites (N-methyl/N-ethyl adjacent to an activating group) is 1. The zero-order chi connectivity index (χ0) is 24.8. The third-order valence-corrected chi connectivity index (χ3v) is 7.63. The zero-order valence-corrected chi connectivity index (χ0v) is 21.6. The predicted molar refractivity (Wildman–Crippen MR) is 139 cm³/mol. The van der Waals surface area contributed by atoms with Crippen molar-refractivity contribution in [1.82, 2.24) is 14.7 Å². The van der Waals surface area contributed by atoms with Crippen LogP contribution in [0.4, 0.5) is 0 Å². The lowest BCUT2D eigenvalue weighted by Crippen LogP contribution is -2.52. The molecule has 4 rings (SSSR count). The van der Waals surface area contributed by atoms with E-state index in [1.807, 2.05) is 53.2 Å². The van der Waals surface area contributed by atoms with Crippen molar-refractivity contribution in [2.75, 3.05) is 39.8 Å². The van der Waals surface area contributed by atoms with Gasteiger partial charge in [0.25, 0.3) is 5.91 Å². The van der Waals surface area contributed by atoms with E-state index in [9.17, 15) is 9.59 Å². The van der Waals surface area contributed by atoms with Crippen molar-refractivity contribution in [3.63, 3.8) is 0 Å². The van der Waals surface area contributed by atoms with Gasteiger partial charge in [-0.2, -0.15) is 0 Å². The summed E-state index contributed by atoms with van der Waals surface area (Å²) in [5.74, 6) is 0.734. The van der Waals surface area contributed by atoms with Gasteiger partial charge in [0.2, 0.25) is 5.91 Å². The number of ether oxygens (including phenoxy) is 1. The summed E-state index contributed by atoms with van der Waals surface area (Å²) in [5, 5.41) is 0.741. The number of halogens is 1. The molecule has 0 N–H and O–H groups in total. The molecule has 35 heavy (non-hydrogen) atoms. The van der Waals surface area contributed by atoms with E-state index in [4.69, 9.17) is 16.3 Å². The largest absolute Gasteiger partial charge is 0.492 e. The second-order valence-corrected chi connectivity index (χ2v) is 10.3. The van der Waals surface area contributed by atoms with E-state index in [-0.39, 0.29) is 17.4 Å². The number of fused-ring (bicyclic) bond motifs is 2. The van der Waals surface area contributed by atoms with Gasteiger partial charge in [0, 0.05) is 49.7 Å². The lowest BCUT2D eigenvalue weighted by molar-refractivity contribution is -0.129. The molecule has 6 nitrogen and oxygen atoms in total. The van der Waals surface area contributed by atoms with Gasteiger partial charge >= 0.3 is 0 Å². The highest BCUT2D eigenvalue weighted by Crippen LogP contribution is 2.36. The minimum Gasteiger partial charge on any atom is -0.492 e. The first-order valence-corrected chi connectivity index (χ1v) is 13.0. The molecular formula is C28H36ClN3O3. The van der Waals surface area contributed by atoms with Crippen LogP contribution in [0, 0.1) is 0 Å². The number of benzene rings is 2. The van der Waals surface area contributed by atoms with Crippen molar-refractivity contribution in [1.29, 1.82) is 0 Å². The van der Waals surface area contributed by atoms with Crippen molar-refractivity contribution in [3.05, 3.63) is 64.7 Å². The van der Waals surface area contributed by atoms with Gasteiger partial charge in [0.05, 0.1) is 6.54 Å². The first-order chi connectivity index (χ1) is 16.9. The van der Waals surface area contributed by atoms with Gasteiger partial charge in [-0.05, 0) is 74.5 Å². The normalized spacial score (nSPS) is 22.5. The first-order valence-electron chi connectivity index (χ1n) is 12.6. The van der Waals surface area contributed by atoms with Crippen LogP contribution in [0.1, 0.15) is 54.9 Å². The summed E-state index contributed by atoms with van der Waals surface area (Å²) in [5.41, 5.74) is 1.76. The van der Waals surface area contributed by atoms with Crippen molar-refractivity contribution in [2.45, 2.75) is 51.1 Å². The second-order valence-electron chi connectivity index (χ2n) is 9.88. The average molecular weight is 498 g/mol. The smallest absolute Gasteiger partial charge is 0.253 e. The Labute approximate surface area is 213 Å². The fourth-order valence-corrected chi connectivity index (χ4v) is 5.63. The van der Waals surface area contributed by atoms with Gasteiger partial charge in [-0.1, -0.05) is 29.8 Å². The fraction of sp³-hybridized carbons (Fsp3) is 0.500. The van der Waals surface area contributed by atoms with Crippen LogP contribution in [0.25, 0.3) is 0 Å². The molecule has 2 aliphatic rings. The molecule has 1 atom stereocenters. The molecule has 1 fully saturated rings. The van der Waals surface area contributed by atoms with E-state index < -0.39 is 0 Å². The van der Waals surface area contributed by atoms with Crippen LogP contribution in [-0.2, 0) is 11.3 Å². The highest BCUT2D eigenvalue weighted by Gasteiger charge is 2.42. The summed E-state index contributed by atoms with van der Waals surface area (Å²) in [7, 11) is 1.91. The van der Waals surface area contributed by atoms with Gasteiger partial charge in [0.15, 0.2) is 0 Å². The van der Waals surface area contributed by atoms with E-state index in [0.717, 1.165) is 56.8 Å². The van der Waals surface area contributed by atoms with Crippen LogP contribution in [-0.4, -0.2) is 71.9 Å². The molecule has 2 bridgehead atoms. The number of carbonyl (C=O) groups excluding carboxylic acids is 2. The third kappa shape index (κ3) is 6.36. The maximum absolute atomic E-state index is 13.4. The van der Waals surface area contributed by atoms with Gasteiger partial charge < -0.3 is 14.5 Å². The molecule has 7 heteroatoms. The minimum atomic E-state index is -0.0978. The molecule has 188 valence electrons. The van der Waals surface area contributed by atoms with Gasteiger partial charge in [-0.25, -0.2) is 0 Å². The molecule has 2 aliphatic heterocycles. The number of amides is 2. The monoisotopic (exact) mass is 497 g/mol. The van der Waals surface area contributed by atoms with Crippen molar-refractivity contribution in [3.8, 4) is 5.75 Å². The Morgan fingerprint density at radius 1 is 1.03 bits per heavy atom. The highest BCUT2D eigenvalue weighted by molar-refractivity contribution is 6.30. The Hall–Kier alpha value is -2.57. The van der Waals surface area contributed by atoms with Gasteiger partial charge in [-0.3, -0.25) is 14.5 Å². The Morgan fingerprint density at radius 3 is 2.57 bits per heavy atom. The Bertz CT molecular complexity index is 1030. The number of hydrogen-bond donors (Lipinski definition) is 0.